The molecule has 0 saturated carbocycles. The second kappa shape index (κ2) is 9.18. The van der Waals surface area contributed by atoms with Crippen LogP contribution in [0.4, 0.5) is 11.5 Å². The highest BCUT2D eigenvalue weighted by molar-refractivity contribution is 7.99. The first-order valence-electron chi connectivity index (χ1n) is 10.4. The number of halogens is 1. The number of hydrogen-bond acceptors (Lipinski definition) is 6. The standard InChI is InChI=1S/C23H21ClN6OS/c24-19-3-1-2-4-20(19)32-18-7-5-17(6-8-18)26-23(31)16-11-13-29(14-12-16)22-10-9-21-27-25-15-30(21)28-22/h1-10,15-16H,11-14H2,(H,26,31). The van der Waals surface area contributed by atoms with Gasteiger partial charge in [-0.2, -0.15) is 4.52 Å². The smallest absolute Gasteiger partial charge is 0.227 e. The van der Waals surface area contributed by atoms with Gasteiger partial charge in [0.05, 0.1) is 5.02 Å². The maximum atomic E-state index is 12.8. The summed E-state index contributed by atoms with van der Waals surface area (Å²) >= 11 is 7.84. The Labute approximate surface area is 194 Å². The number of fused-ring (bicyclic) bond motifs is 1. The fourth-order valence-electron chi connectivity index (χ4n) is 3.76. The third-order valence-corrected chi connectivity index (χ3v) is 7.05. The minimum atomic E-state index is -0.0120. The van der Waals surface area contributed by atoms with Crippen molar-refractivity contribution in [1.29, 1.82) is 0 Å². The van der Waals surface area contributed by atoms with E-state index in [4.69, 9.17) is 11.6 Å². The summed E-state index contributed by atoms with van der Waals surface area (Å²) in [7, 11) is 0. The summed E-state index contributed by atoms with van der Waals surface area (Å²) in [6.07, 6.45) is 3.17. The number of rotatable bonds is 5. The predicted molar refractivity (Wildman–Crippen MR) is 126 cm³/mol. The summed E-state index contributed by atoms with van der Waals surface area (Å²) in [4.78, 5) is 17.1. The van der Waals surface area contributed by atoms with Gasteiger partial charge in [0.15, 0.2) is 5.65 Å². The molecule has 2 aromatic carbocycles. The zero-order valence-electron chi connectivity index (χ0n) is 17.2. The average molecular weight is 465 g/mol. The fourth-order valence-corrected chi connectivity index (χ4v) is 4.85. The third kappa shape index (κ3) is 4.56. The van der Waals surface area contributed by atoms with Crippen molar-refractivity contribution < 1.29 is 4.79 Å². The van der Waals surface area contributed by atoms with Crippen LogP contribution in [-0.4, -0.2) is 38.8 Å². The van der Waals surface area contributed by atoms with E-state index in [1.165, 1.54) is 0 Å². The van der Waals surface area contributed by atoms with Gasteiger partial charge in [-0.05, 0) is 61.4 Å². The summed E-state index contributed by atoms with van der Waals surface area (Å²) in [5.74, 6) is 0.934. The first kappa shape index (κ1) is 20.8. The first-order valence-corrected chi connectivity index (χ1v) is 11.6. The monoisotopic (exact) mass is 464 g/mol. The number of benzene rings is 2. The van der Waals surface area contributed by atoms with Gasteiger partial charge >= 0.3 is 0 Å². The number of anilines is 2. The summed E-state index contributed by atoms with van der Waals surface area (Å²) in [5, 5.41) is 16.2. The van der Waals surface area contributed by atoms with E-state index in [1.54, 1.807) is 22.6 Å². The maximum absolute atomic E-state index is 12.8. The molecule has 0 spiro atoms. The van der Waals surface area contributed by atoms with Crippen LogP contribution in [0.15, 0.2) is 76.8 Å². The summed E-state index contributed by atoms with van der Waals surface area (Å²) in [5.41, 5.74) is 1.53. The fraction of sp³-hybridized carbons (Fsp3) is 0.217. The van der Waals surface area contributed by atoms with Gasteiger partial charge in [0.25, 0.3) is 0 Å². The van der Waals surface area contributed by atoms with Gasteiger partial charge in [-0.15, -0.1) is 15.3 Å². The van der Waals surface area contributed by atoms with E-state index < -0.39 is 0 Å². The number of piperidine rings is 1. The summed E-state index contributed by atoms with van der Waals surface area (Å²) in [6, 6.07) is 19.5. The SMILES string of the molecule is O=C(Nc1ccc(Sc2ccccc2Cl)cc1)C1CCN(c2ccc3nncn3n2)CC1. The Hall–Kier alpha value is -3.10. The Balaban J connectivity index is 1.15. The minimum absolute atomic E-state index is 0.0120. The first-order chi connectivity index (χ1) is 15.7. The van der Waals surface area contributed by atoms with Crippen LogP contribution in [0, 0.1) is 5.92 Å². The number of nitrogens with zero attached hydrogens (tertiary/aromatic N) is 5. The summed E-state index contributed by atoms with van der Waals surface area (Å²) in [6.45, 7) is 1.57. The highest BCUT2D eigenvalue weighted by atomic mass is 35.5. The number of amides is 1. The zero-order valence-corrected chi connectivity index (χ0v) is 18.8. The molecule has 7 nitrogen and oxygen atoms in total. The van der Waals surface area contributed by atoms with Gasteiger partial charge in [-0.1, -0.05) is 35.5 Å². The molecule has 0 atom stereocenters. The molecule has 1 amide bonds. The van der Waals surface area contributed by atoms with E-state index in [9.17, 15) is 4.79 Å². The number of carbonyl (C=O) groups is 1. The van der Waals surface area contributed by atoms with E-state index in [1.807, 2.05) is 60.7 Å². The molecule has 0 bridgehead atoms. The molecule has 0 radical (unpaired) electrons. The Bertz CT molecular complexity index is 1240. The van der Waals surface area contributed by atoms with Crippen LogP contribution < -0.4 is 10.2 Å². The van der Waals surface area contributed by atoms with Crippen molar-refractivity contribution in [3.05, 3.63) is 72.0 Å². The number of carbonyl (C=O) groups excluding carboxylic acids is 1. The Morgan fingerprint density at radius 2 is 1.81 bits per heavy atom. The molecule has 5 rings (SSSR count). The second-order valence-electron chi connectivity index (χ2n) is 7.63. The topological polar surface area (TPSA) is 75.4 Å². The largest absolute Gasteiger partial charge is 0.355 e. The molecule has 4 aromatic rings. The lowest BCUT2D eigenvalue weighted by atomic mass is 9.96. The van der Waals surface area contributed by atoms with Gasteiger partial charge in [0, 0.05) is 34.5 Å². The molecule has 0 aliphatic carbocycles. The molecule has 1 aliphatic rings. The van der Waals surface area contributed by atoms with Crippen LogP contribution in [0.25, 0.3) is 5.65 Å². The molecule has 3 heterocycles. The number of hydrogen-bond donors (Lipinski definition) is 1. The Kier molecular flexibility index (Phi) is 5.96. The second-order valence-corrected chi connectivity index (χ2v) is 9.16. The Morgan fingerprint density at radius 3 is 2.59 bits per heavy atom. The van der Waals surface area contributed by atoms with E-state index in [2.05, 4.69) is 25.5 Å². The van der Waals surface area contributed by atoms with Gasteiger partial charge in [-0.25, -0.2) is 0 Å². The molecular formula is C23H21ClN6OS. The van der Waals surface area contributed by atoms with Crippen LogP contribution in [0.3, 0.4) is 0 Å². The molecular weight excluding hydrogens is 444 g/mol. The third-order valence-electron chi connectivity index (χ3n) is 5.52. The molecule has 9 heteroatoms. The van der Waals surface area contributed by atoms with Gasteiger partial charge in [0.2, 0.25) is 5.91 Å². The van der Waals surface area contributed by atoms with Crippen molar-refractivity contribution >= 4 is 46.4 Å². The van der Waals surface area contributed by atoms with Crippen LogP contribution >= 0.6 is 23.4 Å². The summed E-state index contributed by atoms with van der Waals surface area (Å²) < 4.78 is 1.67. The van der Waals surface area contributed by atoms with E-state index in [0.717, 1.165) is 57.9 Å². The molecule has 1 aliphatic heterocycles. The van der Waals surface area contributed by atoms with Crippen molar-refractivity contribution in [2.24, 2.45) is 5.92 Å². The van der Waals surface area contributed by atoms with Gasteiger partial charge < -0.3 is 10.2 Å². The minimum Gasteiger partial charge on any atom is -0.355 e. The predicted octanol–water partition coefficient (Wildman–Crippen LogP) is 4.78. The van der Waals surface area contributed by atoms with Crippen LogP contribution in [0.1, 0.15) is 12.8 Å². The molecule has 1 fully saturated rings. The normalized spacial score (nSPS) is 14.6. The highest BCUT2D eigenvalue weighted by Gasteiger charge is 2.26. The van der Waals surface area contributed by atoms with Crippen LogP contribution in [-0.2, 0) is 4.79 Å². The van der Waals surface area contributed by atoms with Crippen molar-refractivity contribution in [3.63, 3.8) is 0 Å². The quantitative estimate of drug-likeness (QED) is 0.458. The van der Waals surface area contributed by atoms with Crippen molar-refractivity contribution in [2.75, 3.05) is 23.3 Å². The molecule has 0 unspecified atom stereocenters. The zero-order chi connectivity index (χ0) is 21.9. The van der Waals surface area contributed by atoms with Crippen LogP contribution in [0.2, 0.25) is 5.02 Å². The number of aromatic nitrogens is 4. The molecule has 2 aromatic heterocycles. The number of nitrogens with one attached hydrogen (secondary N) is 1. The van der Waals surface area contributed by atoms with Gasteiger partial charge in [0.1, 0.15) is 12.1 Å². The van der Waals surface area contributed by atoms with E-state index in [0.29, 0.717) is 0 Å². The van der Waals surface area contributed by atoms with Crippen molar-refractivity contribution in [2.45, 2.75) is 22.6 Å². The lowest BCUT2D eigenvalue weighted by molar-refractivity contribution is -0.120. The molecule has 32 heavy (non-hydrogen) atoms. The van der Waals surface area contributed by atoms with E-state index >= 15 is 0 Å². The Morgan fingerprint density at radius 1 is 1.03 bits per heavy atom. The molecule has 1 saturated heterocycles. The van der Waals surface area contributed by atoms with Gasteiger partial charge in [-0.3, -0.25) is 4.79 Å². The average Bonchev–Trinajstić information content (AvgIpc) is 3.30. The van der Waals surface area contributed by atoms with Crippen molar-refractivity contribution in [1.82, 2.24) is 19.8 Å². The van der Waals surface area contributed by atoms with Crippen LogP contribution in [0.5, 0.6) is 0 Å². The maximum Gasteiger partial charge on any atom is 0.227 e. The molecule has 162 valence electrons. The molecule has 1 N–H and O–H groups in total. The van der Waals surface area contributed by atoms with E-state index in [-0.39, 0.29) is 11.8 Å². The lowest BCUT2D eigenvalue weighted by Gasteiger charge is -2.32. The highest BCUT2D eigenvalue weighted by Crippen LogP contribution is 2.33. The van der Waals surface area contributed by atoms with Crippen molar-refractivity contribution in [3.8, 4) is 0 Å². The lowest BCUT2D eigenvalue weighted by Crippen LogP contribution is -2.38.